The lowest BCUT2D eigenvalue weighted by Gasteiger charge is -2.32. The summed E-state index contributed by atoms with van der Waals surface area (Å²) in [7, 11) is -0.344. The molecule has 0 spiro atoms. The van der Waals surface area contributed by atoms with Crippen LogP contribution in [-0.4, -0.2) is 28.3 Å². The van der Waals surface area contributed by atoms with Gasteiger partial charge < -0.3 is 9.31 Å². The molecule has 1 aliphatic rings. The van der Waals surface area contributed by atoms with E-state index in [9.17, 15) is 0 Å². The van der Waals surface area contributed by atoms with Crippen LogP contribution in [0.4, 0.5) is 0 Å². The number of fused-ring (bicyclic) bond motifs is 1. The van der Waals surface area contributed by atoms with Crippen LogP contribution >= 0.6 is 11.3 Å². The number of rotatable bonds is 2. The van der Waals surface area contributed by atoms with E-state index < -0.39 is 0 Å². The van der Waals surface area contributed by atoms with Crippen LogP contribution in [-0.2, 0) is 9.31 Å². The van der Waals surface area contributed by atoms with Gasteiger partial charge in [0.15, 0.2) is 0 Å². The first-order valence-corrected chi connectivity index (χ1v) is 8.84. The van der Waals surface area contributed by atoms with Crippen LogP contribution < -0.4 is 5.46 Å². The van der Waals surface area contributed by atoms with Crippen molar-refractivity contribution < 1.29 is 9.31 Å². The van der Waals surface area contributed by atoms with Gasteiger partial charge in [-0.3, -0.25) is 4.98 Å². The Kier molecular flexibility index (Phi) is 3.53. The van der Waals surface area contributed by atoms with Crippen LogP contribution in [0.3, 0.4) is 0 Å². The Morgan fingerprint density at radius 2 is 1.79 bits per heavy atom. The maximum absolute atomic E-state index is 6.14. The van der Waals surface area contributed by atoms with E-state index in [2.05, 4.69) is 38.7 Å². The van der Waals surface area contributed by atoms with Crippen LogP contribution in [0.25, 0.3) is 20.8 Å². The fraction of sp³-hybridized carbons (Fsp3) is 0.333. The van der Waals surface area contributed by atoms with Gasteiger partial charge in [-0.25, -0.2) is 4.98 Å². The van der Waals surface area contributed by atoms with E-state index in [0.717, 1.165) is 26.3 Å². The third-order valence-electron chi connectivity index (χ3n) is 4.85. The number of hydrogen-bond donors (Lipinski definition) is 0. The molecule has 0 bridgehead atoms. The molecule has 4 nitrogen and oxygen atoms in total. The molecule has 0 N–H and O–H groups in total. The van der Waals surface area contributed by atoms with Gasteiger partial charge in [-0.05, 0) is 57.4 Å². The van der Waals surface area contributed by atoms with Crippen LogP contribution in [0.1, 0.15) is 27.7 Å². The molecule has 3 aromatic rings. The Hall–Kier alpha value is -1.76. The van der Waals surface area contributed by atoms with Gasteiger partial charge in [0.05, 0.1) is 21.4 Å². The van der Waals surface area contributed by atoms with Crippen LogP contribution in [0.2, 0.25) is 0 Å². The number of thiazole rings is 1. The van der Waals surface area contributed by atoms with Gasteiger partial charge >= 0.3 is 7.12 Å². The van der Waals surface area contributed by atoms with Crippen LogP contribution in [0, 0.1) is 0 Å². The second kappa shape index (κ2) is 5.38. The summed E-state index contributed by atoms with van der Waals surface area (Å²) in [4.78, 5) is 8.88. The number of hydrogen-bond acceptors (Lipinski definition) is 5. The first kappa shape index (κ1) is 15.8. The Labute approximate surface area is 146 Å². The molecule has 0 unspecified atom stereocenters. The van der Waals surface area contributed by atoms with E-state index >= 15 is 0 Å². The highest BCUT2D eigenvalue weighted by Crippen LogP contribution is 2.37. The standard InChI is InChI=1S/C18H19BN2O2S/c1-17(2)18(3,4)23-19(22-17)13-7-8-14-15(10-13)24-16(21-14)12-6-5-9-20-11-12/h5-11H,1-4H3. The summed E-state index contributed by atoms with van der Waals surface area (Å²) in [5.74, 6) is 0. The van der Waals surface area contributed by atoms with Crippen molar-refractivity contribution in [3.05, 3.63) is 42.7 Å². The molecule has 1 aliphatic heterocycles. The molecule has 1 saturated heterocycles. The van der Waals surface area contributed by atoms with E-state index in [-0.39, 0.29) is 18.3 Å². The summed E-state index contributed by atoms with van der Waals surface area (Å²) < 4.78 is 13.4. The molecular formula is C18H19BN2O2S. The monoisotopic (exact) mass is 338 g/mol. The van der Waals surface area contributed by atoms with E-state index in [0.29, 0.717) is 0 Å². The molecule has 4 rings (SSSR count). The lowest BCUT2D eigenvalue weighted by Crippen LogP contribution is -2.41. The Morgan fingerprint density at radius 3 is 2.46 bits per heavy atom. The molecule has 2 aromatic heterocycles. The lowest BCUT2D eigenvalue weighted by atomic mass is 9.79. The second-order valence-electron chi connectivity index (χ2n) is 7.08. The summed E-state index contributed by atoms with van der Waals surface area (Å²) in [6.07, 6.45) is 3.61. The Bertz CT molecular complexity index is 876. The van der Waals surface area contributed by atoms with Gasteiger partial charge in [0.25, 0.3) is 0 Å². The van der Waals surface area contributed by atoms with Crippen LogP contribution in [0.5, 0.6) is 0 Å². The molecule has 0 aliphatic carbocycles. The highest BCUT2D eigenvalue weighted by Gasteiger charge is 2.51. The third-order valence-corrected chi connectivity index (χ3v) is 5.91. The van der Waals surface area contributed by atoms with Crippen molar-refractivity contribution in [2.45, 2.75) is 38.9 Å². The highest BCUT2D eigenvalue weighted by atomic mass is 32.1. The highest BCUT2D eigenvalue weighted by molar-refractivity contribution is 7.21. The second-order valence-corrected chi connectivity index (χ2v) is 8.11. The van der Waals surface area contributed by atoms with E-state index in [1.165, 1.54) is 0 Å². The largest absolute Gasteiger partial charge is 0.494 e. The molecule has 122 valence electrons. The minimum atomic E-state index is -0.344. The van der Waals surface area contributed by atoms with Gasteiger partial charge in [0.1, 0.15) is 5.01 Å². The fourth-order valence-electron chi connectivity index (χ4n) is 2.68. The number of benzene rings is 1. The number of pyridine rings is 1. The summed E-state index contributed by atoms with van der Waals surface area (Å²) in [5, 5.41) is 0.976. The molecule has 0 saturated carbocycles. The van der Waals surface area contributed by atoms with Crippen LogP contribution in [0.15, 0.2) is 42.7 Å². The van der Waals surface area contributed by atoms with Crippen molar-refractivity contribution in [2.24, 2.45) is 0 Å². The number of nitrogens with zero attached hydrogens (tertiary/aromatic N) is 2. The van der Waals surface area contributed by atoms with E-state index in [1.807, 2.05) is 30.5 Å². The molecule has 6 heteroatoms. The lowest BCUT2D eigenvalue weighted by molar-refractivity contribution is 0.00578. The summed E-state index contributed by atoms with van der Waals surface area (Å²) in [5.41, 5.74) is 2.39. The fourth-order valence-corrected chi connectivity index (χ4v) is 3.68. The average Bonchev–Trinajstić information content (AvgIpc) is 3.06. The van der Waals surface area contributed by atoms with Gasteiger partial charge in [-0.1, -0.05) is 6.07 Å². The molecule has 0 amide bonds. The zero-order valence-electron chi connectivity index (χ0n) is 14.2. The van der Waals surface area contributed by atoms with E-state index in [1.54, 1.807) is 17.5 Å². The first-order valence-electron chi connectivity index (χ1n) is 8.02. The topological polar surface area (TPSA) is 44.2 Å². The molecular weight excluding hydrogens is 319 g/mol. The Balaban J connectivity index is 1.70. The van der Waals surface area contributed by atoms with E-state index in [4.69, 9.17) is 14.3 Å². The molecule has 0 radical (unpaired) electrons. The zero-order valence-corrected chi connectivity index (χ0v) is 15.1. The van der Waals surface area contributed by atoms with Crippen molar-refractivity contribution in [3.63, 3.8) is 0 Å². The summed E-state index contributed by atoms with van der Waals surface area (Å²) in [6, 6.07) is 10.1. The first-order chi connectivity index (χ1) is 11.4. The van der Waals surface area contributed by atoms with Crippen molar-refractivity contribution in [1.82, 2.24) is 9.97 Å². The van der Waals surface area contributed by atoms with Crippen molar-refractivity contribution >= 4 is 34.1 Å². The Morgan fingerprint density at radius 1 is 1.04 bits per heavy atom. The van der Waals surface area contributed by atoms with Gasteiger partial charge in [-0.15, -0.1) is 11.3 Å². The maximum atomic E-state index is 6.14. The number of aromatic nitrogens is 2. The molecule has 1 aromatic carbocycles. The van der Waals surface area contributed by atoms with Gasteiger partial charge in [-0.2, -0.15) is 0 Å². The SMILES string of the molecule is CC1(C)OB(c2ccc3nc(-c4cccnc4)sc3c2)OC1(C)C. The van der Waals surface area contributed by atoms with Crippen molar-refractivity contribution in [3.8, 4) is 10.6 Å². The molecule has 0 atom stereocenters. The zero-order chi connectivity index (χ0) is 16.9. The summed E-state index contributed by atoms with van der Waals surface area (Å²) >= 11 is 1.66. The van der Waals surface area contributed by atoms with Gasteiger partial charge in [0, 0.05) is 18.0 Å². The van der Waals surface area contributed by atoms with Crippen molar-refractivity contribution in [2.75, 3.05) is 0 Å². The predicted molar refractivity (Wildman–Crippen MR) is 98.6 cm³/mol. The molecule has 3 heterocycles. The quantitative estimate of drug-likeness (QED) is 0.669. The summed E-state index contributed by atoms with van der Waals surface area (Å²) in [6.45, 7) is 8.27. The normalized spacial score (nSPS) is 19.1. The van der Waals surface area contributed by atoms with Gasteiger partial charge in [0.2, 0.25) is 0 Å². The minimum Gasteiger partial charge on any atom is -0.399 e. The minimum absolute atomic E-state index is 0.332. The average molecular weight is 338 g/mol. The van der Waals surface area contributed by atoms with Crippen molar-refractivity contribution in [1.29, 1.82) is 0 Å². The predicted octanol–water partition coefficient (Wildman–Crippen LogP) is 3.66. The molecule has 24 heavy (non-hydrogen) atoms. The third kappa shape index (κ3) is 2.55. The smallest absolute Gasteiger partial charge is 0.399 e. The maximum Gasteiger partial charge on any atom is 0.494 e. The molecule has 1 fully saturated rings.